The van der Waals surface area contributed by atoms with E-state index >= 15 is 0 Å². The van der Waals surface area contributed by atoms with Gasteiger partial charge in [0.2, 0.25) is 5.89 Å². The first-order valence-electron chi connectivity index (χ1n) is 10.2. The molecule has 166 valence electrons. The predicted octanol–water partition coefficient (Wildman–Crippen LogP) is 6.90. The van der Waals surface area contributed by atoms with E-state index in [-0.39, 0.29) is 11.8 Å². The molecule has 32 heavy (non-hydrogen) atoms. The Hall–Kier alpha value is -2.88. The van der Waals surface area contributed by atoms with Crippen molar-refractivity contribution in [2.75, 3.05) is 4.90 Å². The van der Waals surface area contributed by atoms with E-state index in [0.717, 1.165) is 20.1 Å². The van der Waals surface area contributed by atoms with Crippen molar-refractivity contribution in [1.82, 2.24) is 10.2 Å². The van der Waals surface area contributed by atoms with Gasteiger partial charge in [-0.1, -0.05) is 18.2 Å². The Labute approximate surface area is 199 Å². The fourth-order valence-corrected chi connectivity index (χ4v) is 3.74. The minimum Gasteiger partial charge on any atom is -0.451 e. The van der Waals surface area contributed by atoms with Crippen LogP contribution >= 0.6 is 22.6 Å². The molecule has 2 aromatic heterocycles. The van der Waals surface area contributed by atoms with Gasteiger partial charge in [-0.15, -0.1) is 10.2 Å². The van der Waals surface area contributed by atoms with Gasteiger partial charge in [-0.2, -0.15) is 0 Å². The van der Waals surface area contributed by atoms with Crippen LogP contribution in [0.3, 0.4) is 0 Å². The summed E-state index contributed by atoms with van der Waals surface area (Å²) < 4.78 is 18.6. The lowest BCUT2D eigenvalue weighted by Gasteiger charge is -2.30. The maximum absolute atomic E-state index is 13.1. The lowest BCUT2D eigenvalue weighted by atomic mass is 10.1. The Morgan fingerprint density at radius 3 is 2.41 bits per heavy atom. The predicted molar refractivity (Wildman–Crippen MR) is 131 cm³/mol. The number of amides is 1. The molecule has 0 saturated carbocycles. The van der Waals surface area contributed by atoms with Gasteiger partial charge in [0, 0.05) is 20.2 Å². The van der Waals surface area contributed by atoms with Crippen molar-refractivity contribution >= 4 is 45.3 Å². The minimum absolute atomic E-state index is 0.271. The van der Waals surface area contributed by atoms with Crippen LogP contribution in [-0.4, -0.2) is 21.9 Å². The molecular weight excluding hydrogens is 521 g/mol. The summed E-state index contributed by atoms with van der Waals surface area (Å²) in [6.45, 7) is 9.27. The van der Waals surface area contributed by atoms with Gasteiger partial charge in [0.25, 0.3) is 5.89 Å². The quantitative estimate of drug-likeness (QED) is 0.260. The summed E-state index contributed by atoms with van der Waals surface area (Å²) in [5.74, 6) is 1.08. The number of carbonyl (C=O) groups excluding carboxylic acids is 1. The van der Waals surface area contributed by atoms with Crippen molar-refractivity contribution in [2.24, 2.45) is 0 Å². The number of aryl methyl sites for hydroxylation is 1. The summed E-state index contributed by atoms with van der Waals surface area (Å²) >= 11 is 2.22. The Morgan fingerprint density at radius 2 is 1.75 bits per heavy atom. The number of anilines is 1. The van der Waals surface area contributed by atoms with Crippen LogP contribution in [0.5, 0.6) is 0 Å². The van der Waals surface area contributed by atoms with Crippen molar-refractivity contribution in [2.45, 2.75) is 46.3 Å². The third kappa shape index (κ3) is 4.50. The molecule has 0 fully saturated rings. The van der Waals surface area contributed by atoms with Gasteiger partial charge in [0.1, 0.15) is 17.2 Å². The molecule has 0 N–H and O–H groups in total. The molecule has 7 nitrogen and oxygen atoms in total. The summed E-state index contributed by atoms with van der Waals surface area (Å²) in [6.07, 6.45) is -0.495. The SMILES string of the molecule is Cc1c(-c2nnc(C(C)N(C(=O)OC(C)(C)C)c3ccc(I)cc3)o2)oc2ccccc12. The molecule has 4 rings (SSSR count). The number of benzene rings is 2. The van der Waals surface area contributed by atoms with Crippen LogP contribution in [-0.2, 0) is 4.74 Å². The molecule has 0 aliphatic carbocycles. The molecule has 8 heteroatoms. The molecule has 0 radical (unpaired) electrons. The standard InChI is InChI=1S/C24H24IN3O4/c1-14-18-8-6-7-9-19(18)30-20(14)22-27-26-21(31-22)15(2)28(23(29)32-24(3,4)5)17-12-10-16(25)11-13-17/h6-13,15H,1-5H3. The fraction of sp³-hybridized carbons (Fsp3) is 0.292. The summed E-state index contributed by atoms with van der Waals surface area (Å²) in [4.78, 5) is 14.6. The topological polar surface area (TPSA) is 81.6 Å². The number of rotatable bonds is 4. The van der Waals surface area contributed by atoms with Crippen LogP contribution < -0.4 is 4.90 Å². The molecular formula is C24H24IN3O4. The second kappa shape index (κ2) is 8.57. The Bertz CT molecular complexity index is 1250. The van der Waals surface area contributed by atoms with Gasteiger partial charge >= 0.3 is 6.09 Å². The number of fused-ring (bicyclic) bond motifs is 1. The van der Waals surface area contributed by atoms with Crippen LogP contribution in [0.25, 0.3) is 22.6 Å². The van der Waals surface area contributed by atoms with E-state index in [0.29, 0.717) is 11.4 Å². The maximum atomic E-state index is 13.1. The smallest absolute Gasteiger partial charge is 0.415 e. The van der Waals surface area contributed by atoms with E-state index in [1.165, 1.54) is 4.90 Å². The zero-order valence-corrected chi connectivity index (χ0v) is 20.7. The van der Waals surface area contributed by atoms with Crippen molar-refractivity contribution in [3.63, 3.8) is 0 Å². The lowest BCUT2D eigenvalue weighted by Crippen LogP contribution is -2.38. The van der Waals surface area contributed by atoms with Gasteiger partial charge in [-0.05, 0) is 87.5 Å². The minimum atomic E-state index is -0.649. The zero-order chi connectivity index (χ0) is 23.0. The Balaban J connectivity index is 1.70. The van der Waals surface area contributed by atoms with Gasteiger partial charge < -0.3 is 13.6 Å². The first-order chi connectivity index (χ1) is 15.1. The van der Waals surface area contributed by atoms with Crippen LogP contribution in [0.1, 0.15) is 45.2 Å². The normalized spacial score (nSPS) is 12.7. The average molecular weight is 545 g/mol. The third-order valence-electron chi connectivity index (χ3n) is 4.92. The first kappa shape index (κ1) is 22.3. The summed E-state index contributed by atoms with van der Waals surface area (Å²) in [5, 5.41) is 9.41. The number of hydrogen-bond donors (Lipinski definition) is 0. The number of aromatic nitrogens is 2. The largest absolute Gasteiger partial charge is 0.451 e. The van der Waals surface area contributed by atoms with Gasteiger partial charge in [0.05, 0.1) is 0 Å². The molecule has 2 aromatic carbocycles. The summed E-state index contributed by atoms with van der Waals surface area (Å²) in [6, 6.07) is 14.8. The summed E-state index contributed by atoms with van der Waals surface area (Å²) in [5.41, 5.74) is 1.70. The zero-order valence-electron chi connectivity index (χ0n) is 18.5. The van der Waals surface area contributed by atoms with Crippen molar-refractivity contribution in [3.8, 4) is 11.7 Å². The number of furan rings is 1. The van der Waals surface area contributed by atoms with Crippen LogP contribution in [0, 0.1) is 10.5 Å². The number of nitrogens with zero attached hydrogens (tertiary/aromatic N) is 3. The highest BCUT2D eigenvalue weighted by molar-refractivity contribution is 14.1. The molecule has 0 spiro atoms. The highest BCUT2D eigenvalue weighted by Crippen LogP contribution is 2.34. The van der Waals surface area contributed by atoms with E-state index < -0.39 is 17.7 Å². The number of ether oxygens (including phenoxy) is 1. The van der Waals surface area contributed by atoms with Crippen molar-refractivity contribution in [1.29, 1.82) is 0 Å². The van der Waals surface area contributed by atoms with E-state index in [1.54, 1.807) is 0 Å². The highest BCUT2D eigenvalue weighted by atomic mass is 127. The van der Waals surface area contributed by atoms with Crippen LogP contribution in [0.4, 0.5) is 10.5 Å². The molecule has 0 bridgehead atoms. The van der Waals surface area contributed by atoms with E-state index in [9.17, 15) is 4.79 Å². The average Bonchev–Trinajstić information content (AvgIpc) is 3.33. The molecule has 1 atom stereocenters. The molecule has 2 heterocycles. The molecule has 4 aromatic rings. The van der Waals surface area contributed by atoms with Crippen molar-refractivity contribution in [3.05, 3.63) is 63.6 Å². The van der Waals surface area contributed by atoms with E-state index in [4.69, 9.17) is 13.6 Å². The Morgan fingerprint density at radius 1 is 1.06 bits per heavy atom. The van der Waals surface area contributed by atoms with E-state index in [2.05, 4.69) is 32.8 Å². The second-order valence-corrected chi connectivity index (χ2v) is 9.75. The number of halogens is 1. The van der Waals surface area contributed by atoms with E-state index in [1.807, 2.05) is 83.1 Å². The Kier molecular flexibility index (Phi) is 5.98. The summed E-state index contributed by atoms with van der Waals surface area (Å²) in [7, 11) is 0. The van der Waals surface area contributed by atoms with Gasteiger partial charge in [-0.25, -0.2) is 4.79 Å². The lowest BCUT2D eigenvalue weighted by molar-refractivity contribution is 0.0563. The van der Waals surface area contributed by atoms with Crippen LogP contribution in [0.15, 0.2) is 57.4 Å². The molecule has 0 saturated heterocycles. The molecule has 0 aliphatic heterocycles. The van der Waals surface area contributed by atoms with Gasteiger partial charge in [-0.3, -0.25) is 4.90 Å². The molecule has 0 aliphatic rings. The van der Waals surface area contributed by atoms with Crippen molar-refractivity contribution < 1.29 is 18.4 Å². The third-order valence-corrected chi connectivity index (χ3v) is 5.64. The molecule has 1 unspecified atom stereocenters. The van der Waals surface area contributed by atoms with Crippen LogP contribution in [0.2, 0.25) is 0 Å². The maximum Gasteiger partial charge on any atom is 0.415 e. The monoisotopic (exact) mass is 545 g/mol. The first-order valence-corrected chi connectivity index (χ1v) is 11.3. The highest BCUT2D eigenvalue weighted by Gasteiger charge is 2.32. The number of para-hydroxylation sites is 1. The number of hydrogen-bond acceptors (Lipinski definition) is 6. The molecule has 1 amide bonds. The van der Waals surface area contributed by atoms with Gasteiger partial charge in [0.15, 0.2) is 5.76 Å². The second-order valence-electron chi connectivity index (χ2n) is 8.50. The number of carbonyl (C=O) groups is 1. The fourth-order valence-electron chi connectivity index (χ4n) is 3.38.